The summed E-state index contributed by atoms with van der Waals surface area (Å²) in [7, 11) is 0. The fourth-order valence-corrected chi connectivity index (χ4v) is 5.72. The Bertz CT molecular complexity index is 1490. The van der Waals surface area contributed by atoms with Crippen LogP contribution in [-0.4, -0.2) is 30.7 Å². The molecule has 33 heavy (non-hydrogen) atoms. The van der Waals surface area contributed by atoms with Crippen molar-refractivity contribution >= 4 is 45.4 Å². The van der Waals surface area contributed by atoms with E-state index in [9.17, 15) is 9.18 Å². The van der Waals surface area contributed by atoms with E-state index in [2.05, 4.69) is 10.2 Å². The van der Waals surface area contributed by atoms with E-state index in [1.165, 1.54) is 29.2 Å². The Kier molecular flexibility index (Phi) is 5.82. The van der Waals surface area contributed by atoms with Crippen molar-refractivity contribution in [1.82, 2.24) is 19.2 Å². The number of carbonyl (C=O) groups is 1. The number of benzene rings is 2. The molecule has 166 valence electrons. The van der Waals surface area contributed by atoms with Crippen molar-refractivity contribution in [2.75, 3.05) is 5.75 Å². The van der Waals surface area contributed by atoms with E-state index >= 15 is 0 Å². The Balaban J connectivity index is 1.41. The van der Waals surface area contributed by atoms with Crippen molar-refractivity contribution in [2.45, 2.75) is 19.0 Å². The molecule has 0 aliphatic heterocycles. The summed E-state index contributed by atoms with van der Waals surface area (Å²) in [6, 6.07) is 15.9. The number of ketones is 1. The monoisotopic (exact) mass is 496 g/mol. The molecule has 0 unspecified atom stereocenters. The number of fused-ring (bicyclic) bond motifs is 1. The minimum absolute atomic E-state index is 0.0456. The van der Waals surface area contributed by atoms with Gasteiger partial charge in [-0.2, -0.15) is 0 Å². The Morgan fingerprint density at radius 3 is 2.64 bits per heavy atom. The van der Waals surface area contributed by atoms with Crippen LogP contribution in [0.4, 0.5) is 4.39 Å². The maximum Gasteiger partial charge on any atom is 0.217 e. The SMILES string of the molecule is Cc1cc(C(=O)CSc2nnc3scc(-c4ccc(Cl)cc4)n23)c(C)n1-c1ccccc1F. The smallest absolute Gasteiger partial charge is 0.217 e. The van der Waals surface area contributed by atoms with Gasteiger partial charge in [0.2, 0.25) is 4.96 Å². The summed E-state index contributed by atoms with van der Waals surface area (Å²) in [5.74, 6) is -0.181. The van der Waals surface area contributed by atoms with Crippen LogP contribution in [0.2, 0.25) is 5.02 Å². The van der Waals surface area contributed by atoms with Crippen molar-refractivity contribution < 1.29 is 9.18 Å². The molecule has 0 radical (unpaired) electrons. The van der Waals surface area contributed by atoms with Gasteiger partial charge in [0.05, 0.1) is 17.1 Å². The second kappa shape index (κ2) is 8.78. The number of Topliss-reactive ketones (excluding diaryl/α,β-unsaturated/α-hetero) is 1. The number of aryl methyl sites for hydroxylation is 1. The normalized spacial score (nSPS) is 11.4. The van der Waals surface area contributed by atoms with Crippen LogP contribution < -0.4 is 0 Å². The summed E-state index contributed by atoms with van der Waals surface area (Å²) in [6.07, 6.45) is 0. The zero-order valence-electron chi connectivity index (χ0n) is 17.8. The largest absolute Gasteiger partial charge is 0.315 e. The highest BCUT2D eigenvalue weighted by molar-refractivity contribution is 7.99. The van der Waals surface area contributed by atoms with Gasteiger partial charge in [-0.15, -0.1) is 21.5 Å². The van der Waals surface area contributed by atoms with Gasteiger partial charge in [-0.3, -0.25) is 9.20 Å². The Labute approximate surface area is 202 Å². The van der Waals surface area contributed by atoms with Gasteiger partial charge < -0.3 is 4.57 Å². The van der Waals surface area contributed by atoms with Crippen molar-refractivity contribution in [3.05, 3.63) is 87.8 Å². The summed E-state index contributed by atoms with van der Waals surface area (Å²) in [6.45, 7) is 3.71. The molecule has 3 heterocycles. The molecule has 0 atom stereocenters. The number of carbonyl (C=O) groups excluding carboxylic acids is 1. The number of hydrogen-bond acceptors (Lipinski definition) is 5. The lowest BCUT2D eigenvalue weighted by molar-refractivity contribution is 0.102. The lowest BCUT2D eigenvalue weighted by atomic mass is 10.2. The number of thioether (sulfide) groups is 1. The van der Waals surface area contributed by atoms with Gasteiger partial charge in [0.15, 0.2) is 10.9 Å². The van der Waals surface area contributed by atoms with Crippen molar-refractivity contribution in [1.29, 1.82) is 0 Å². The molecule has 5 nitrogen and oxygen atoms in total. The zero-order valence-corrected chi connectivity index (χ0v) is 20.1. The summed E-state index contributed by atoms with van der Waals surface area (Å²) in [5.41, 5.74) is 4.47. The third-order valence-electron chi connectivity index (χ3n) is 5.42. The summed E-state index contributed by atoms with van der Waals surface area (Å²) in [5, 5.41) is 11.9. The molecule has 0 saturated carbocycles. The van der Waals surface area contributed by atoms with Crippen LogP contribution in [0.3, 0.4) is 0 Å². The minimum Gasteiger partial charge on any atom is -0.315 e. The Morgan fingerprint density at radius 2 is 1.88 bits per heavy atom. The van der Waals surface area contributed by atoms with Gasteiger partial charge >= 0.3 is 0 Å². The minimum atomic E-state index is -0.328. The summed E-state index contributed by atoms with van der Waals surface area (Å²) in [4.78, 5) is 13.9. The van der Waals surface area contributed by atoms with E-state index in [4.69, 9.17) is 11.6 Å². The average molecular weight is 497 g/mol. The zero-order chi connectivity index (χ0) is 23.1. The molecule has 0 fully saturated rings. The first kappa shape index (κ1) is 21.9. The van der Waals surface area contributed by atoms with Gasteiger partial charge in [0.25, 0.3) is 0 Å². The molecule has 2 aromatic carbocycles. The third kappa shape index (κ3) is 3.99. The molecule has 0 N–H and O–H groups in total. The van der Waals surface area contributed by atoms with Crippen LogP contribution in [0.5, 0.6) is 0 Å². The number of thiazole rings is 1. The molecule has 0 bridgehead atoms. The first-order valence-electron chi connectivity index (χ1n) is 10.1. The summed E-state index contributed by atoms with van der Waals surface area (Å²) < 4.78 is 18.1. The van der Waals surface area contributed by atoms with E-state index in [1.807, 2.05) is 54.0 Å². The lowest BCUT2D eigenvalue weighted by Crippen LogP contribution is -2.07. The van der Waals surface area contributed by atoms with E-state index in [0.717, 1.165) is 21.9 Å². The number of hydrogen-bond donors (Lipinski definition) is 0. The van der Waals surface area contributed by atoms with Gasteiger partial charge in [0.1, 0.15) is 5.82 Å². The van der Waals surface area contributed by atoms with Crippen LogP contribution >= 0.6 is 34.7 Å². The van der Waals surface area contributed by atoms with Crippen LogP contribution in [0.25, 0.3) is 21.9 Å². The van der Waals surface area contributed by atoms with Gasteiger partial charge in [-0.1, -0.05) is 47.6 Å². The second-order valence-corrected chi connectivity index (χ2v) is 9.73. The molecule has 5 rings (SSSR count). The van der Waals surface area contributed by atoms with Crippen molar-refractivity contribution in [3.8, 4) is 16.9 Å². The second-order valence-electron chi connectivity index (χ2n) is 7.51. The number of halogens is 2. The Hall–Kier alpha value is -2.94. The quantitative estimate of drug-likeness (QED) is 0.195. The molecule has 5 aromatic rings. The molecule has 0 spiro atoms. The van der Waals surface area contributed by atoms with Crippen molar-refractivity contribution in [3.63, 3.8) is 0 Å². The molecule has 0 amide bonds. The highest BCUT2D eigenvalue weighted by atomic mass is 35.5. The molecular weight excluding hydrogens is 479 g/mol. The highest BCUT2D eigenvalue weighted by Gasteiger charge is 2.20. The molecule has 0 saturated heterocycles. The average Bonchev–Trinajstić information content (AvgIpc) is 3.48. The number of aromatic nitrogens is 4. The molecular formula is C24H18ClFN4OS2. The maximum atomic E-state index is 14.4. The predicted molar refractivity (Wildman–Crippen MR) is 132 cm³/mol. The van der Waals surface area contributed by atoms with E-state index in [1.54, 1.807) is 22.8 Å². The van der Waals surface area contributed by atoms with Crippen LogP contribution in [0.15, 0.2) is 65.1 Å². The Morgan fingerprint density at radius 1 is 1.12 bits per heavy atom. The summed E-state index contributed by atoms with van der Waals surface area (Å²) >= 11 is 8.85. The van der Waals surface area contributed by atoms with Gasteiger partial charge in [-0.05, 0) is 49.7 Å². The standard InChI is InChI=1S/C24H18ClFN4OS2/c1-14-11-18(15(2)29(14)20-6-4-3-5-19(20)26)22(31)13-33-24-28-27-23-30(24)21(12-32-23)16-7-9-17(25)10-8-16/h3-12H,13H2,1-2H3. The van der Waals surface area contributed by atoms with Gasteiger partial charge in [-0.25, -0.2) is 4.39 Å². The van der Waals surface area contributed by atoms with E-state index in [0.29, 0.717) is 27.1 Å². The number of nitrogens with zero attached hydrogens (tertiary/aromatic N) is 4. The molecule has 0 aliphatic rings. The van der Waals surface area contributed by atoms with Crippen LogP contribution in [0.1, 0.15) is 21.7 Å². The number of rotatable bonds is 6. The van der Waals surface area contributed by atoms with Crippen LogP contribution in [0, 0.1) is 19.7 Å². The van der Waals surface area contributed by atoms with Gasteiger partial charge in [0, 0.05) is 27.4 Å². The van der Waals surface area contributed by atoms with Crippen LogP contribution in [-0.2, 0) is 0 Å². The lowest BCUT2D eigenvalue weighted by Gasteiger charge is -2.10. The fraction of sp³-hybridized carbons (Fsp3) is 0.125. The topological polar surface area (TPSA) is 52.2 Å². The predicted octanol–water partition coefficient (Wildman–Crippen LogP) is 6.63. The maximum absolute atomic E-state index is 14.4. The fourth-order valence-electron chi connectivity index (χ4n) is 3.87. The van der Waals surface area contributed by atoms with E-state index in [-0.39, 0.29) is 17.4 Å². The third-order valence-corrected chi connectivity index (χ3v) is 7.41. The molecule has 9 heteroatoms. The molecule has 0 aliphatic carbocycles. The number of para-hydroxylation sites is 1. The molecule has 3 aromatic heterocycles. The first-order chi connectivity index (χ1) is 15.9. The van der Waals surface area contributed by atoms with Crippen molar-refractivity contribution in [2.24, 2.45) is 0 Å². The highest BCUT2D eigenvalue weighted by Crippen LogP contribution is 2.31. The first-order valence-corrected chi connectivity index (χ1v) is 12.4. The van der Waals surface area contributed by atoms with E-state index < -0.39 is 0 Å².